The Bertz CT molecular complexity index is 1790. The molecule has 0 aromatic rings. The third kappa shape index (κ3) is 63.9. The van der Waals surface area contributed by atoms with Crippen LogP contribution in [0.15, 0.2) is 158 Å². The number of carbonyl (C=O) groups excluding carboxylic acids is 3. The summed E-state index contributed by atoms with van der Waals surface area (Å²) >= 11 is 0. The van der Waals surface area contributed by atoms with Crippen molar-refractivity contribution in [2.45, 2.75) is 277 Å². The van der Waals surface area contributed by atoms with E-state index in [0.29, 0.717) is 19.3 Å². The summed E-state index contributed by atoms with van der Waals surface area (Å²) in [4.78, 5) is 38.2. The molecule has 0 spiro atoms. The van der Waals surface area contributed by atoms with Crippen LogP contribution in [-0.4, -0.2) is 37.2 Å². The number of esters is 3. The van der Waals surface area contributed by atoms with Crippen molar-refractivity contribution >= 4 is 17.9 Å². The number of carbonyl (C=O) groups is 3. The molecule has 0 amide bonds. The fraction of sp³-hybridized carbons (Fsp3) is 0.608. The highest BCUT2D eigenvalue weighted by molar-refractivity contribution is 5.71. The van der Waals surface area contributed by atoms with Crippen LogP contribution in [0.3, 0.4) is 0 Å². The first kappa shape index (κ1) is 75.0. The van der Waals surface area contributed by atoms with E-state index in [2.05, 4.69) is 179 Å². The largest absolute Gasteiger partial charge is 0.462 e. The highest BCUT2D eigenvalue weighted by Crippen LogP contribution is 2.15. The number of hydrogen-bond donors (Lipinski definition) is 0. The Balaban J connectivity index is 4.33. The lowest BCUT2D eigenvalue weighted by atomic mass is 10.0. The Morgan fingerprint density at radius 3 is 0.812 bits per heavy atom. The van der Waals surface area contributed by atoms with Crippen LogP contribution in [0.5, 0.6) is 0 Å². The van der Waals surface area contributed by atoms with Gasteiger partial charge in [0.1, 0.15) is 13.2 Å². The topological polar surface area (TPSA) is 78.9 Å². The van der Waals surface area contributed by atoms with Crippen LogP contribution in [0.1, 0.15) is 271 Å². The summed E-state index contributed by atoms with van der Waals surface area (Å²) in [6.07, 6.45) is 97.0. The third-order valence-electron chi connectivity index (χ3n) is 13.2. The van der Waals surface area contributed by atoms with Crippen molar-refractivity contribution in [3.05, 3.63) is 158 Å². The Morgan fingerprint density at radius 1 is 0.263 bits per heavy atom. The first-order chi connectivity index (χ1) is 39.5. The number of unbranched alkanes of at least 4 members (excludes halogenated alkanes) is 20. The molecule has 0 saturated carbocycles. The summed E-state index contributed by atoms with van der Waals surface area (Å²) in [6.45, 7) is 6.29. The van der Waals surface area contributed by atoms with Gasteiger partial charge in [-0.1, -0.05) is 275 Å². The Morgan fingerprint density at radius 2 is 0.500 bits per heavy atom. The van der Waals surface area contributed by atoms with Crippen LogP contribution in [0, 0.1) is 0 Å². The third-order valence-corrected chi connectivity index (χ3v) is 13.2. The molecule has 0 rings (SSSR count). The molecule has 0 bridgehead atoms. The molecule has 0 saturated heterocycles. The molecule has 0 aliphatic heterocycles. The molecular weight excluding hydrogens is 985 g/mol. The van der Waals surface area contributed by atoms with E-state index in [9.17, 15) is 14.4 Å². The number of hydrogen-bond acceptors (Lipinski definition) is 6. The normalized spacial score (nSPS) is 13.2. The van der Waals surface area contributed by atoms with Gasteiger partial charge in [0, 0.05) is 19.3 Å². The summed E-state index contributed by atoms with van der Waals surface area (Å²) in [5.41, 5.74) is 0. The average Bonchev–Trinajstić information content (AvgIpc) is 3.46. The van der Waals surface area contributed by atoms with E-state index >= 15 is 0 Å². The van der Waals surface area contributed by atoms with Gasteiger partial charge in [-0.2, -0.15) is 0 Å². The van der Waals surface area contributed by atoms with Crippen molar-refractivity contribution in [1.82, 2.24) is 0 Å². The minimum absolute atomic E-state index is 0.110. The monoisotopic (exact) mass is 1100 g/mol. The highest BCUT2D eigenvalue weighted by Gasteiger charge is 2.19. The number of rotatable bonds is 57. The predicted octanol–water partition coefficient (Wildman–Crippen LogP) is 22.5. The maximum atomic E-state index is 12.9. The zero-order chi connectivity index (χ0) is 57.8. The van der Waals surface area contributed by atoms with E-state index in [1.54, 1.807) is 0 Å². The van der Waals surface area contributed by atoms with Crippen LogP contribution in [0.4, 0.5) is 0 Å². The molecule has 80 heavy (non-hydrogen) atoms. The lowest BCUT2D eigenvalue weighted by Gasteiger charge is -2.18. The van der Waals surface area contributed by atoms with Gasteiger partial charge in [-0.15, -0.1) is 0 Å². The summed E-state index contributed by atoms with van der Waals surface area (Å²) in [6, 6.07) is 0. The van der Waals surface area contributed by atoms with Crippen LogP contribution < -0.4 is 0 Å². The van der Waals surface area contributed by atoms with Crippen molar-refractivity contribution in [1.29, 1.82) is 0 Å². The number of allylic oxidation sites excluding steroid dienone is 26. The average molecular weight is 1100 g/mol. The van der Waals surface area contributed by atoms with Gasteiger partial charge in [-0.3, -0.25) is 14.4 Å². The first-order valence-electron chi connectivity index (χ1n) is 32.5. The van der Waals surface area contributed by atoms with Crippen molar-refractivity contribution in [3.8, 4) is 0 Å². The van der Waals surface area contributed by atoms with Crippen LogP contribution in [0.2, 0.25) is 0 Å². The quantitative estimate of drug-likeness (QED) is 0.0261. The molecule has 0 aromatic carbocycles. The first-order valence-corrected chi connectivity index (χ1v) is 32.5. The maximum absolute atomic E-state index is 12.9. The molecule has 0 heterocycles. The lowest BCUT2D eigenvalue weighted by Crippen LogP contribution is -2.30. The van der Waals surface area contributed by atoms with Gasteiger partial charge in [0.2, 0.25) is 0 Å². The van der Waals surface area contributed by atoms with Crippen LogP contribution in [0.25, 0.3) is 0 Å². The van der Waals surface area contributed by atoms with E-state index in [1.165, 1.54) is 83.5 Å². The fourth-order valence-electron chi connectivity index (χ4n) is 8.46. The minimum Gasteiger partial charge on any atom is -0.462 e. The van der Waals surface area contributed by atoms with Crippen LogP contribution in [-0.2, 0) is 28.6 Å². The van der Waals surface area contributed by atoms with E-state index in [4.69, 9.17) is 14.2 Å². The Hall–Kier alpha value is -4.97. The van der Waals surface area contributed by atoms with Crippen molar-refractivity contribution in [2.24, 2.45) is 0 Å². The zero-order valence-electron chi connectivity index (χ0n) is 51.5. The second-order valence-corrected chi connectivity index (χ2v) is 20.9. The SMILES string of the molecule is CC/C=C\C/C=C\C/C=C\C/C=C\C/C=C\C/C=C\C/C=C\CCCC(=O)OC(COC(=O)CCCCCCC/C=C\CCC)COC(=O)CCCCCCCCCCCCCCC/C=C\C/C=C\C/C=C\C/C=C\C/C=C\CC. The van der Waals surface area contributed by atoms with E-state index < -0.39 is 6.10 Å². The summed E-state index contributed by atoms with van der Waals surface area (Å²) in [5, 5.41) is 0. The molecular formula is C74H118O6. The molecule has 1 atom stereocenters. The van der Waals surface area contributed by atoms with Gasteiger partial charge in [0.25, 0.3) is 0 Å². The Kier molecular flexibility index (Phi) is 62.4. The van der Waals surface area contributed by atoms with E-state index in [-0.39, 0.29) is 37.5 Å². The van der Waals surface area contributed by atoms with Gasteiger partial charge >= 0.3 is 17.9 Å². The molecule has 0 fully saturated rings. The van der Waals surface area contributed by atoms with Crippen molar-refractivity contribution < 1.29 is 28.6 Å². The standard InChI is InChI=1S/C74H118O6/c1-4-7-10-13-16-19-22-24-26-28-30-32-34-35-36-37-38-39-41-42-44-46-48-50-52-55-58-61-64-67-73(76)79-70-71(69-78-72(75)66-63-60-57-54-21-18-15-12-9-6-3)80-74(77)68-65-62-59-56-53-51-49-47-45-43-40-33-31-29-27-25-23-20-17-14-11-8-5-2/h7-8,10-12,15-17,19-20,24-27,30-33,35-36,43,45,49,51,56,59,71H,4-6,9,13-14,18,21-23,28-29,34,37-42,44,46-48,50,52-55,57-58,60-70H2,1-3H3/b10-7-,11-8-,15-12-,19-16-,20-17-,26-24-,27-25-,32-30-,33-31-,36-35-,45-43-,51-49-,59-56-. The minimum atomic E-state index is -0.819. The summed E-state index contributed by atoms with van der Waals surface area (Å²) in [7, 11) is 0. The second-order valence-electron chi connectivity index (χ2n) is 20.9. The van der Waals surface area contributed by atoms with Crippen molar-refractivity contribution in [3.63, 3.8) is 0 Å². The van der Waals surface area contributed by atoms with E-state index in [1.807, 2.05) is 0 Å². The maximum Gasteiger partial charge on any atom is 0.306 e. The molecule has 0 aromatic heterocycles. The molecule has 0 radical (unpaired) electrons. The van der Waals surface area contributed by atoms with Gasteiger partial charge in [0.15, 0.2) is 6.10 Å². The second kappa shape index (κ2) is 66.5. The Labute approximate surface area is 492 Å². The van der Waals surface area contributed by atoms with Gasteiger partial charge in [-0.25, -0.2) is 0 Å². The van der Waals surface area contributed by atoms with Gasteiger partial charge in [-0.05, 0) is 135 Å². The molecule has 6 nitrogen and oxygen atoms in total. The van der Waals surface area contributed by atoms with Crippen molar-refractivity contribution in [2.75, 3.05) is 13.2 Å². The fourth-order valence-corrected chi connectivity index (χ4v) is 8.46. The van der Waals surface area contributed by atoms with Crippen LogP contribution >= 0.6 is 0 Å². The molecule has 0 aliphatic carbocycles. The lowest BCUT2D eigenvalue weighted by molar-refractivity contribution is -0.167. The molecule has 1 unspecified atom stereocenters. The molecule has 0 N–H and O–H groups in total. The zero-order valence-corrected chi connectivity index (χ0v) is 51.5. The molecule has 6 heteroatoms. The van der Waals surface area contributed by atoms with Gasteiger partial charge in [0.05, 0.1) is 0 Å². The molecule has 450 valence electrons. The van der Waals surface area contributed by atoms with E-state index in [0.717, 1.165) is 141 Å². The highest BCUT2D eigenvalue weighted by atomic mass is 16.6. The summed E-state index contributed by atoms with van der Waals surface area (Å²) < 4.78 is 16.8. The smallest absolute Gasteiger partial charge is 0.306 e. The molecule has 0 aliphatic rings. The number of ether oxygens (including phenoxy) is 3. The van der Waals surface area contributed by atoms with Gasteiger partial charge < -0.3 is 14.2 Å². The summed E-state index contributed by atoms with van der Waals surface area (Å²) in [5.74, 6) is -0.985. The predicted molar refractivity (Wildman–Crippen MR) is 348 cm³/mol.